The third-order valence-corrected chi connectivity index (χ3v) is 7.09. The van der Waals surface area contributed by atoms with Gasteiger partial charge in [0, 0.05) is 6.61 Å². The van der Waals surface area contributed by atoms with Gasteiger partial charge in [-0.2, -0.15) is 0 Å². The predicted molar refractivity (Wildman–Crippen MR) is 159 cm³/mol. The lowest BCUT2D eigenvalue weighted by Gasteiger charge is -2.02. The standard InChI is InChI=1S/C17H34O.C16H34O/c1-2-3-4-5-6-7-8-9-10-11-12-13-14-15-16-17-18;1-2-3-4-5-6-7-8-9-10-11-12-13-14-15-16-17/h16-18H,2-15H2,1H3;17H,2-16H2,1H3. The number of aliphatic hydroxyl groups excluding tert-OH is 2. The van der Waals surface area contributed by atoms with E-state index in [4.69, 9.17) is 10.2 Å². The third kappa shape index (κ3) is 40.9. The van der Waals surface area contributed by atoms with Crippen molar-refractivity contribution in [2.45, 2.75) is 194 Å². The van der Waals surface area contributed by atoms with Crippen molar-refractivity contribution in [1.82, 2.24) is 0 Å². The second-order valence-electron chi connectivity index (χ2n) is 10.7. The lowest BCUT2D eigenvalue weighted by Crippen LogP contribution is -1.84. The van der Waals surface area contributed by atoms with Crippen LogP contribution >= 0.6 is 0 Å². The fraction of sp³-hybridized carbons (Fsp3) is 0.939. The third-order valence-electron chi connectivity index (χ3n) is 7.09. The molecule has 2 heteroatoms. The van der Waals surface area contributed by atoms with Crippen LogP contribution in [0.2, 0.25) is 0 Å². The summed E-state index contributed by atoms with van der Waals surface area (Å²) in [6.07, 6.45) is 41.5. The van der Waals surface area contributed by atoms with Crippen LogP contribution in [0.3, 0.4) is 0 Å². The summed E-state index contributed by atoms with van der Waals surface area (Å²) in [5.41, 5.74) is 0. The van der Waals surface area contributed by atoms with Crippen molar-refractivity contribution >= 4 is 0 Å². The van der Waals surface area contributed by atoms with Crippen LogP contribution in [0.1, 0.15) is 194 Å². The number of unbranched alkanes of at least 4 members (excludes halogenated alkanes) is 26. The molecule has 0 aliphatic heterocycles. The number of rotatable bonds is 28. The summed E-state index contributed by atoms with van der Waals surface area (Å²) < 4.78 is 0. The average molecular weight is 497 g/mol. The minimum Gasteiger partial charge on any atom is -0.516 e. The van der Waals surface area contributed by atoms with Crippen LogP contribution in [0.4, 0.5) is 0 Å². The van der Waals surface area contributed by atoms with E-state index in [2.05, 4.69) is 13.8 Å². The number of hydrogen-bond donors (Lipinski definition) is 2. The molecule has 212 valence electrons. The van der Waals surface area contributed by atoms with Crippen molar-refractivity contribution in [3.8, 4) is 0 Å². The van der Waals surface area contributed by atoms with Gasteiger partial charge >= 0.3 is 0 Å². The Morgan fingerprint density at radius 3 is 0.886 bits per heavy atom. The highest BCUT2D eigenvalue weighted by atomic mass is 16.3. The van der Waals surface area contributed by atoms with Gasteiger partial charge in [0.15, 0.2) is 0 Å². The molecule has 0 spiro atoms. The van der Waals surface area contributed by atoms with E-state index in [9.17, 15) is 0 Å². The monoisotopic (exact) mass is 497 g/mol. The average Bonchev–Trinajstić information content (AvgIpc) is 2.87. The molecule has 0 aromatic heterocycles. The molecule has 2 nitrogen and oxygen atoms in total. The first kappa shape index (κ1) is 36.7. The van der Waals surface area contributed by atoms with Crippen molar-refractivity contribution in [1.29, 1.82) is 0 Å². The Labute approximate surface area is 222 Å². The summed E-state index contributed by atoms with van der Waals surface area (Å²) in [6.45, 7) is 4.93. The van der Waals surface area contributed by atoms with E-state index in [1.54, 1.807) is 0 Å². The molecule has 0 saturated carbocycles. The molecular formula is C33H68O2. The first-order valence-electron chi connectivity index (χ1n) is 16.2. The molecule has 0 aromatic rings. The highest BCUT2D eigenvalue weighted by Gasteiger charge is 1.94. The van der Waals surface area contributed by atoms with Gasteiger partial charge < -0.3 is 10.2 Å². The van der Waals surface area contributed by atoms with Gasteiger partial charge in [-0.15, -0.1) is 0 Å². The van der Waals surface area contributed by atoms with E-state index in [-0.39, 0.29) is 0 Å². The summed E-state index contributed by atoms with van der Waals surface area (Å²) >= 11 is 0. The molecule has 0 saturated heterocycles. The number of allylic oxidation sites excluding steroid dienone is 1. The van der Waals surface area contributed by atoms with Crippen LogP contribution in [-0.2, 0) is 0 Å². The molecule has 0 atom stereocenters. The molecule has 0 aliphatic carbocycles. The van der Waals surface area contributed by atoms with Crippen molar-refractivity contribution in [2.24, 2.45) is 0 Å². The normalized spacial score (nSPS) is 11.2. The zero-order valence-corrected chi connectivity index (χ0v) is 24.6. The summed E-state index contributed by atoms with van der Waals surface area (Å²) in [5.74, 6) is 0. The molecule has 0 fully saturated rings. The van der Waals surface area contributed by atoms with Crippen molar-refractivity contribution in [2.75, 3.05) is 6.61 Å². The Balaban J connectivity index is 0. The Hall–Kier alpha value is -0.500. The molecule has 0 unspecified atom stereocenters. The summed E-state index contributed by atoms with van der Waals surface area (Å²) in [6, 6.07) is 0. The van der Waals surface area contributed by atoms with Crippen molar-refractivity contribution in [3.63, 3.8) is 0 Å². The molecule has 0 radical (unpaired) electrons. The molecule has 0 aromatic carbocycles. The van der Waals surface area contributed by atoms with E-state index in [1.807, 2.05) is 6.08 Å². The molecular weight excluding hydrogens is 428 g/mol. The minimum absolute atomic E-state index is 0.373. The SMILES string of the molecule is CCCCCCCCCCCCCCCC=CO.CCCCCCCCCCCCCCCCO. The fourth-order valence-electron chi connectivity index (χ4n) is 4.66. The van der Waals surface area contributed by atoms with Crippen molar-refractivity contribution in [3.05, 3.63) is 12.3 Å². The molecule has 0 heterocycles. The van der Waals surface area contributed by atoms with E-state index in [0.29, 0.717) is 6.61 Å². The van der Waals surface area contributed by atoms with Gasteiger partial charge in [-0.3, -0.25) is 0 Å². The minimum atomic E-state index is 0.373. The largest absolute Gasteiger partial charge is 0.516 e. The number of hydrogen-bond acceptors (Lipinski definition) is 2. The van der Waals surface area contributed by atoms with Gasteiger partial charge in [-0.1, -0.05) is 180 Å². The van der Waals surface area contributed by atoms with Gasteiger partial charge in [0.05, 0.1) is 6.26 Å². The lowest BCUT2D eigenvalue weighted by molar-refractivity contribution is 0.282. The van der Waals surface area contributed by atoms with Gasteiger partial charge in [-0.25, -0.2) is 0 Å². The molecule has 35 heavy (non-hydrogen) atoms. The molecule has 0 bridgehead atoms. The smallest absolute Gasteiger partial charge is 0.0751 e. The Kier molecular flexibility index (Phi) is 39.8. The van der Waals surface area contributed by atoms with Crippen LogP contribution in [0.5, 0.6) is 0 Å². The lowest BCUT2D eigenvalue weighted by atomic mass is 10.0. The van der Waals surface area contributed by atoms with Gasteiger partial charge in [0.2, 0.25) is 0 Å². The van der Waals surface area contributed by atoms with Crippen LogP contribution < -0.4 is 0 Å². The van der Waals surface area contributed by atoms with E-state index >= 15 is 0 Å². The first-order chi connectivity index (χ1) is 17.3. The van der Waals surface area contributed by atoms with Gasteiger partial charge in [0.25, 0.3) is 0 Å². The van der Waals surface area contributed by atoms with E-state index in [1.165, 1.54) is 173 Å². The highest BCUT2D eigenvalue weighted by molar-refractivity contribution is 4.70. The quantitative estimate of drug-likeness (QED) is 0.0834. The second kappa shape index (κ2) is 38.0. The Morgan fingerprint density at radius 2 is 0.629 bits per heavy atom. The maximum Gasteiger partial charge on any atom is 0.0751 e. The van der Waals surface area contributed by atoms with Gasteiger partial charge in [0.1, 0.15) is 0 Å². The molecule has 0 aliphatic rings. The predicted octanol–water partition coefficient (Wildman–Crippen LogP) is 12.0. The highest BCUT2D eigenvalue weighted by Crippen LogP contribution is 2.14. The molecule has 2 N–H and O–H groups in total. The van der Waals surface area contributed by atoms with Gasteiger partial charge in [-0.05, 0) is 19.3 Å². The number of aliphatic hydroxyl groups is 2. The topological polar surface area (TPSA) is 40.5 Å². The maximum absolute atomic E-state index is 8.64. The van der Waals surface area contributed by atoms with Crippen molar-refractivity contribution < 1.29 is 10.2 Å². The zero-order chi connectivity index (χ0) is 25.9. The fourth-order valence-corrected chi connectivity index (χ4v) is 4.66. The summed E-state index contributed by atoms with van der Waals surface area (Å²) in [5, 5.41) is 17.1. The second-order valence-corrected chi connectivity index (χ2v) is 10.7. The first-order valence-corrected chi connectivity index (χ1v) is 16.2. The Morgan fingerprint density at radius 1 is 0.371 bits per heavy atom. The van der Waals surface area contributed by atoms with Crippen LogP contribution in [-0.4, -0.2) is 16.8 Å². The molecule has 0 amide bonds. The Bertz CT molecular complexity index is 339. The van der Waals surface area contributed by atoms with E-state index < -0.39 is 0 Å². The molecule has 0 rings (SSSR count). The van der Waals surface area contributed by atoms with E-state index in [0.717, 1.165) is 12.8 Å². The van der Waals surface area contributed by atoms with Crippen LogP contribution in [0.15, 0.2) is 12.3 Å². The summed E-state index contributed by atoms with van der Waals surface area (Å²) in [4.78, 5) is 0. The summed E-state index contributed by atoms with van der Waals surface area (Å²) in [7, 11) is 0. The van der Waals surface area contributed by atoms with Crippen LogP contribution in [0.25, 0.3) is 0 Å². The van der Waals surface area contributed by atoms with Crippen LogP contribution in [0, 0.1) is 0 Å². The zero-order valence-electron chi connectivity index (χ0n) is 24.6. The maximum atomic E-state index is 8.64.